The maximum Gasteiger partial charge on any atom is 0.342 e. The Morgan fingerprint density at radius 3 is 2.70 bits per heavy atom. The largest absolute Gasteiger partial charge is 0.488 e. The second-order valence-corrected chi connectivity index (χ2v) is 9.63. The number of aliphatic hydroxyl groups is 1. The predicted octanol–water partition coefficient (Wildman–Crippen LogP) is 4.89. The monoisotopic (exact) mass is 516 g/mol. The van der Waals surface area contributed by atoms with Crippen molar-refractivity contribution in [3.8, 4) is 5.75 Å². The molecule has 0 bridgehead atoms. The fourth-order valence-electron chi connectivity index (χ4n) is 4.57. The van der Waals surface area contributed by atoms with E-state index in [2.05, 4.69) is 18.7 Å². The molecule has 0 saturated carbocycles. The SMILES string of the molecule is CC(C)Oc1ccc(C2(O)OC(=O)C(c3ccc4nsnc4c3)=C2Cc2ccc3nc[nH]c3c2)cc1F. The summed E-state index contributed by atoms with van der Waals surface area (Å²) in [5.74, 6) is -3.53. The molecule has 6 rings (SSSR count). The summed E-state index contributed by atoms with van der Waals surface area (Å²) in [5.41, 5.74) is 4.82. The molecule has 0 fully saturated rings. The van der Waals surface area contributed by atoms with Crippen LogP contribution in [0.1, 0.15) is 30.5 Å². The van der Waals surface area contributed by atoms with Gasteiger partial charge in [0.25, 0.3) is 5.79 Å². The molecule has 8 nitrogen and oxygen atoms in total. The number of cyclic esters (lactones) is 1. The highest BCUT2D eigenvalue weighted by molar-refractivity contribution is 7.00. The number of benzene rings is 3. The lowest BCUT2D eigenvalue weighted by atomic mass is 9.88. The van der Waals surface area contributed by atoms with E-state index in [0.717, 1.165) is 34.4 Å². The van der Waals surface area contributed by atoms with E-state index in [1.165, 1.54) is 12.1 Å². The molecule has 0 radical (unpaired) electrons. The summed E-state index contributed by atoms with van der Waals surface area (Å²) in [6.45, 7) is 3.58. The number of fused-ring (bicyclic) bond motifs is 2. The number of hydrogen-bond donors (Lipinski definition) is 2. The maximum atomic E-state index is 15.0. The van der Waals surface area contributed by atoms with Crippen LogP contribution in [0.5, 0.6) is 5.75 Å². The van der Waals surface area contributed by atoms with Crippen molar-refractivity contribution in [2.75, 3.05) is 0 Å². The minimum absolute atomic E-state index is 0.0450. The molecule has 2 aromatic heterocycles. The van der Waals surface area contributed by atoms with Crippen molar-refractivity contribution < 1.29 is 23.8 Å². The number of ether oxygens (including phenoxy) is 2. The Bertz CT molecular complexity index is 1710. The predicted molar refractivity (Wildman–Crippen MR) is 136 cm³/mol. The number of halogens is 1. The molecule has 37 heavy (non-hydrogen) atoms. The highest BCUT2D eigenvalue weighted by atomic mass is 32.1. The lowest BCUT2D eigenvalue weighted by Gasteiger charge is -2.26. The van der Waals surface area contributed by atoms with Crippen molar-refractivity contribution in [1.82, 2.24) is 18.7 Å². The van der Waals surface area contributed by atoms with Crippen LogP contribution in [0.25, 0.3) is 27.6 Å². The number of carbonyl (C=O) groups excluding carboxylic acids is 1. The van der Waals surface area contributed by atoms with E-state index in [0.29, 0.717) is 16.6 Å². The molecule has 1 aliphatic rings. The van der Waals surface area contributed by atoms with Crippen LogP contribution in [0.2, 0.25) is 0 Å². The van der Waals surface area contributed by atoms with Gasteiger partial charge in [-0.05, 0) is 67.4 Å². The standard InChI is InChI=1S/C27H21FN4O4S/c1-14(2)35-24-8-5-17(12-19(24)28)27(34)18(9-15-3-6-20-22(10-15)30-13-29-20)25(26(33)36-27)16-4-7-21-23(11-16)32-37-31-21/h3-8,10-14,34H,9H2,1-2H3,(H,29,30). The van der Waals surface area contributed by atoms with E-state index in [1.54, 1.807) is 38.4 Å². The number of imidazole rings is 1. The number of esters is 1. The first-order valence-corrected chi connectivity index (χ1v) is 12.4. The molecule has 186 valence electrons. The van der Waals surface area contributed by atoms with Gasteiger partial charge in [-0.15, -0.1) is 0 Å². The Hall–Kier alpha value is -4.15. The maximum absolute atomic E-state index is 15.0. The van der Waals surface area contributed by atoms with Gasteiger partial charge in [-0.2, -0.15) is 8.75 Å². The van der Waals surface area contributed by atoms with E-state index in [9.17, 15) is 14.3 Å². The van der Waals surface area contributed by atoms with Crippen molar-refractivity contribution in [1.29, 1.82) is 0 Å². The van der Waals surface area contributed by atoms with Gasteiger partial charge < -0.3 is 19.6 Å². The number of nitrogens with zero attached hydrogens (tertiary/aromatic N) is 3. The van der Waals surface area contributed by atoms with Crippen LogP contribution in [-0.4, -0.2) is 35.9 Å². The minimum atomic E-state index is -2.19. The molecule has 3 heterocycles. The summed E-state index contributed by atoms with van der Waals surface area (Å²) in [6, 6.07) is 14.9. The quantitative estimate of drug-likeness (QED) is 0.309. The summed E-state index contributed by atoms with van der Waals surface area (Å²) in [5, 5.41) is 11.9. The van der Waals surface area contributed by atoms with E-state index in [4.69, 9.17) is 9.47 Å². The number of H-pyrrole nitrogens is 1. The highest BCUT2D eigenvalue weighted by Gasteiger charge is 2.48. The van der Waals surface area contributed by atoms with E-state index in [-0.39, 0.29) is 35.0 Å². The van der Waals surface area contributed by atoms with Crippen LogP contribution in [0.15, 0.2) is 66.5 Å². The van der Waals surface area contributed by atoms with Gasteiger partial charge in [0.1, 0.15) is 11.0 Å². The lowest BCUT2D eigenvalue weighted by molar-refractivity contribution is -0.185. The first-order chi connectivity index (χ1) is 17.8. The number of nitrogens with one attached hydrogen (secondary N) is 1. The first-order valence-electron chi connectivity index (χ1n) is 11.6. The zero-order chi connectivity index (χ0) is 25.7. The molecule has 1 atom stereocenters. The zero-order valence-corrected chi connectivity index (χ0v) is 20.7. The van der Waals surface area contributed by atoms with E-state index < -0.39 is 17.6 Å². The van der Waals surface area contributed by atoms with Crippen LogP contribution >= 0.6 is 11.7 Å². The van der Waals surface area contributed by atoms with Gasteiger partial charge in [-0.1, -0.05) is 12.1 Å². The number of hydrogen-bond acceptors (Lipinski definition) is 8. The lowest BCUT2D eigenvalue weighted by Crippen LogP contribution is -2.30. The van der Waals surface area contributed by atoms with Crippen molar-refractivity contribution >= 4 is 45.3 Å². The Morgan fingerprint density at radius 1 is 1.08 bits per heavy atom. The molecular weight excluding hydrogens is 495 g/mol. The molecule has 1 unspecified atom stereocenters. The Morgan fingerprint density at radius 2 is 1.89 bits per heavy atom. The van der Waals surface area contributed by atoms with Gasteiger partial charge in [0, 0.05) is 17.6 Å². The topological polar surface area (TPSA) is 110 Å². The third-order valence-electron chi connectivity index (χ3n) is 6.25. The van der Waals surface area contributed by atoms with Gasteiger partial charge in [-0.25, -0.2) is 14.2 Å². The van der Waals surface area contributed by atoms with Crippen LogP contribution in [-0.2, 0) is 21.7 Å². The average Bonchev–Trinajstić information content (AvgIpc) is 3.58. The van der Waals surface area contributed by atoms with Crippen LogP contribution < -0.4 is 4.74 Å². The van der Waals surface area contributed by atoms with E-state index in [1.807, 2.05) is 18.2 Å². The molecule has 5 aromatic rings. The summed E-state index contributed by atoms with van der Waals surface area (Å²) < 4.78 is 34.6. The second kappa shape index (κ2) is 8.75. The van der Waals surface area contributed by atoms with Crippen molar-refractivity contribution in [2.24, 2.45) is 0 Å². The molecule has 2 N–H and O–H groups in total. The number of rotatable bonds is 6. The minimum Gasteiger partial charge on any atom is -0.488 e. The van der Waals surface area contributed by atoms with Crippen LogP contribution in [0.4, 0.5) is 4.39 Å². The molecular formula is C27H21FN4O4S. The fraction of sp³-hybridized carbons (Fsp3) is 0.185. The Kier molecular flexibility index (Phi) is 5.50. The Balaban J connectivity index is 1.51. The third kappa shape index (κ3) is 4.04. The molecule has 0 saturated heterocycles. The normalized spacial score (nSPS) is 17.8. The molecule has 10 heteroatoms. The summed E-state index contributed by atoms with van der Waals surface area (Å²) in [7, 11) is 0. The summed E-state index contributed by atoms with van der Waals surface area (Å²) in [4.78, 5) is 20.6. The van der Waals surface area contributed by atoms with Gasteiger partial charge >= 0.3 is 5.97 Å². The first kappa shape index (κ1) is 23.3. The Labute approximate surface area is 214 Å². The second-order valence-electron chi connectivity index (χ2n) is 9.10. The highest BCUT2D eigenvalue weighted by Crippen LogP contribution is 2.45. The molecule has 3 aromatic carbocycles. The van der Waals surface area contributed by atoms with Crippen LogP contribution in [0, 0.1) is 5.82 Å². The van der Waals surface area contributed by atoms with E-state index >= 15 is 0 Å². The molecule has 0 aliphatic carbocycles. The number of aromatic amines is 1. The van der Waals surface area contributed by atoms with Crippen molar-refractivity contribution in [3.63, 3.8) is 0 Å². The molecule has 0 amide bonds. The van der Waals surface area contributed by atoms with Gasteiger partial charge in [0.2, 0.25) is 0 Å². The van der Waals surface area contributed by atoms with Crippen molar-refractivity contribution in [3.05, 3.63) is 89.0 Å². The summed E-state index contributed by atoms with van der Waals surface area (Å²) >= 11 is 1.07. The average molecular weight is 517 g/mol. The molecule has 1 aliphatic heterocycles. The summed E-state index contributed by atoms with van der Waals surface area (Å²) in [6.07, 6.45) is 1.52. The van der Waals surface area contributed by atoms with Crippen molar-refractivity contribution in [2.45, 2.75) is 32.2 Å². The third-order valence-corrected chi connectivity index (χ3v) is 6.81. The van der Waals surface area contributed by atoms with Crippen LogP contribution in [0.3, 0.4) is 0 Å². The number of aromatic nitrogens is 4. The molecule has 0 spiro atoms. The fourth-order valence-corrected chi connectivity index (χ4v) is 5.09. The number of carbonyl (C=O) groups is 1. The zero-order valence-electron chi connectivity index (χ0n) is 19.9. The van der Waals surface area contributed by atoms with Gasteiger partial charge in [0.15, 0.2) is 11.6 Å². The van der Waals surface area contributed by atoms with Gasteiger partial charge in [0.05, 0.1) is 40.8 Å². The smallest absolute Gasteiger partial charge is 0.342 e. The van der Waals surface area contributed by atoms with Gasteiger partial charge in [-0.3, -0.25) is 0 Å².